The summed E-state index contributed by atoms with van der Waals surface area (Å²) in [5.41, 5.74) is 0. The highest BCUT2D eigenvalue weighted by molar-refractivity contribution is 5.69. The highest BCUT2D eigenvalue weighted by atomic mass is 16.5. The highest BCUT2D eigenvalue weighted by Crippen LogP contribution is 2.00. The number of hydrogen-bond donors (Lipinski definition) is 1. The molecule has 15 heavy (non-hydrogen) atoms. The maximum absolute atomic E-state index is 10.7. The van der Waals surface area contributed by atoms with Gasteiger partial charge in [-0.3, -0.25) is 9.69 Å². The number of nitrogens with zero attached hydrogens (tertiary/aromatic N) is 1. The third-order valence-corrected chi connectivity index (χ3v) is 2.18. The van der Waals surface area contributed by atoms with Gasteiger partial charge < -0.3 is 14.6 Å². The Morgan fingerprint density at radius 1 is 1.27 bits per heavy atom. The van der Waals surface area contributed by atoms with E-state index in [0.29, 0.717) is 19.8 Å². The smallest absolute Gasteiger partial charge is 0.307 e. The molecule has 0 aromatic rings. The van der Waals surface area contributed by atoms with Crippen molar-refractivity contribution in [3.05, 3.63) is 0 Å². The lowest BCUT2D eigenvalue weighted by Crippen LogP contribution is -2.36. The Morgan fingerprint density at radius 3 is 2.07 bits per heavy atom. The molecule has 5 nitrogen and oxygen atoms in total. The summed E-state index contributed by atoms with van der Waals surface area (Å²) in [6.07, 6.45) is 0. The maximum atomic E-state index is 10.7. The summed E-state index contributed by atoms with van der Waals surface area (Å²) < 4.78 is 9.93. The van der Waals surface area contributed by atoms with Crippen molar-refractivity contribution >= 4 is 5.97 Å². The number of carbonyl (C=O) groups is 1. The average molecular weight is 219 g/mol. The van der Waals surface area contributed by atoms with Gasteiger partial charge in [0.05, 0.1) is 19.1 Å². The molecule has 0 rings (SSSR count). The summed E-state index contributed by atoms with van der Waals surface area (Å²) in [6.45, 7) is 4.91. The van der Waals surface area contributed by atoms with E-state index >= 15 is 0 Å². The van der Waals surface area contributed by atoms with Crippen LogP contribution in [0.4, 0.5) is 0 Å². The van der Waals surface area contributed by atoms with Crippen molar-refractivity contribution in [2.45, 2.75) is 6.92 Å². The van der Waals surface area contributed by atoms with E-state index < -0.39 is 5.97 Å². The van der Waals surface area contributed by atoms with Crippen molar-refractivity contribution < 1.29 is 19.4 Å². The summed E-state index contributed by atoms with van der Waals surface area (Å²) >= 11 is 0. The van der Waals surface area contributed by atoms with Crippen LogP contribution in [0.1, 0.15) is 6.92 Å². The van der Waals surface area contributed by atoms with Crippen LogP contribution in [0, 0.1) is 5.92 Å². The molecule has 0 aliphatic carbocycles. The zero-order valence-corrected chi connectivity index (χ0v) is 9.73. The number of hydrogen-bond acceptors (Lipinski definition) is 4. The molecule has 0 spiro atoms. The van der Waals surface area contributed by atoms with Gasteiger partial charge in [-0.2, -0.15) is 0 Å². The van der Waals surface area contributed by atoms with E-state index in [1.54, 1.807) is 21.1 Å². The quantitative estimate of drug-likeness (QED) is 0.604. The first-order chi connectivity index (χ1) is 7.11. The second-order valence-electron chi connectivity index (χ2n) is 3.53. The lowest BCUT2D eigenvalue weighted by atomic mass is 10.1. The van der Waals surface area contributed by atoms with Crippen molar-refractivity contribution in [3.8, 4) is 0 Å². The van der Waals surface area contributed by atoms with E-state index in [0.717, 1.165) is 13.1 Å². The summed E-state index contributed by atoms with van der Waals surface area (Å²) in [6, 6.07) is 0. The largest absolute Gasteiger partial charge is 0.481 e. The standard InChI is InChI=1S/C10H21NO4/c1-9(10(12)13)8-11(4-6-14-2)5-7-15-3/h9H,4-8H2,1-3H3,(H,12,13). The third kappa shape index (κ3) is 7.30. The molecule has 0 saturated heterocycles. The first-order valence-corrected chi connectivity index (χ1v) is 5.04. The van der Waals surface area contributed by atoms with Gasteiger partial charge in [-0.25, -0.2) is 0 Å². The number of ether oxygens (including phenoxy) is 2. The molecule has 0 aromatic carbocycles. The lowest BCUT2D eigenvalue weighted by Gasteiger charge is -2.23. The Balaban J connectivity index is 3.92. The van der Waals surface area contributed by atoms with Crippen molar-refractivity contribution in [2.24, 2.45) is 5.92 Å². The number of rotatable bonds is 9. The summed E-state index contributed by atoms with van der Waals surface area (Å²) in [7, 11) is 3.27. The zero-order valence-electron chi connectivity index (χ0n) is 9.73. The molecule has 1 N–H and O–H groups in total. The van der Waals surface area contributed by atoms with Crippen molar-refractivity contribution in [3.63, 3.8) is 0 Å². The number of aliphatic carboxylic acids is 1. The van der Waals surface area contributed by atoms with E-state index in [9.17, 15) is 4.79 Å². The van der Waals surface area contributed by atoms with Crippen LogP contribution in [0.25, 0.3) is 0 Å². The van der Waals surface area contributed by atoms with Crippen LogP contribution in [-0.2, 0) is 14.3 Å². The van der Waals surface area contributed by atoms with Gasteiger partial charge in [0.25, 0.3) is 0 Å². The summed E-state index contributed by atoms with van der Waals surface area (Å²) in [5, 5.41) is 8.79. The molecule has 0 radical (unpaired) electrons. The van der Waals surface area contributed by atoms with E-state index in [-0.39, 0.29) is 5.92 Å². The molecule has 0 amide bonds. The summed E-state index contributed by atoms with van der Waals surface area (Å²) in [5.74, 6) is -1.13. The average Bonchev–Trinajstić information content (AvgIpc) is 2.21. The minimum Gasteiger partial charge on any atom is -0.481 e. The van der Waals surface area contributed by atoms with Gasteiger partial charge in [0.2, 0.25) is 0 Å². The molecular weight excluding hydrogens is 198 g/mol. The molecule has 0 aromatic heterocycles. The van der Waals surface area contributed by atoms with Gasteiger partial charge in [0.15, 0.2) is 0 Å². The van der Waals surface area contributed by atoms with Crippen molar-refractivity contribution in [2.75, 3.05) is 47.1 Å². The van der Waals surface area contributed by atoms with Gasteiger partial charge in [0.1, 0.15) is 0 Å². The number of methoxy groups -OCH3 is 2. The van der Waals surface area contributed by atoms with Gasteiger partial charge in [-0.1, -0.05) is 6.92 Å². The molecule has 0 aliphatic heterocycles. The first kappa shape index (κ1) is 14.3. The number of carboxylic acids is 1. The van der Waals surface area contributed by atoms with Crippen LogP contribution in [0.2, 0.25) is 0 Å². The molecule has 1 unspecified atom stereocenters. The lowest BCUT2D eigenvalue weighted by molar-refractivity contribution is -0.141. The first-order valence-electron chi connectivity index (χ1n) is 5.04. The van der Waals surface area contributed by atoms with Crippen LogP contribution in [0.15, 0.2) is 0 Å². The van der Waals surface area contributed by atoms with E-state index in [2.05, 4.69) is 0 Å². The molecule has 5 heteroatoms. The zero-order chi connectivity index (χ0) is 11.7. The monoisotopic (exact) mass is 219 g/mol. The van der Waals surface area contributed by atoms with Gasteiger partial charge in [-0.15, -0.1) is 0 Å². The topological polar surface area (TPSA) is 59.0 Å². The van der Waals surface area contributed by atoms with Gasteiger partial charge in [0, 0.05) is 33.9 Å². The highest BCUT2D eigenvalue weighted by Gasteiger charge is 2.15. The summed E-state index contributed by atoms with van der Waals surface area (Å²) in [4.78, 5) is 12.7. The normalized spacial score (nSPS) is 13.1. The molecule has 90 valence electrons. The predicted molar refractivity (Wildman–Crippen MR) is 57.0 cm³/mol. The molecule has 1 atom stereocenters. The van der Waals surface area contributed by atoms with Gasteiger partial charge in [-0.05, 0) is 0 Å². The molecular formula is C10H21NO4. The Bertz CT molecular complexity index is 167. The van der Waals surface area contributed by atoms with Gasteiger partial charge >= 0.3 is 5.97 Å². The van der Waals surface area contributed by atoms with Crippen molar-refractivity contribution in [1.82, 2.24) is 4.90 Å². The third-order valence-electron chi connectivity index (χ3n) is 2.18. The van der Waals surface area contributed by atoms with E-state index in [4.69, 9.17) is 14.6 Å². The second-order valence-corrected chi connectivity index (χ2v) is 3.53. The van der Waals surface area contributed by atoms with Crippen LogP contribution >= 0.6 is 0 Å². The van der Waals surface area contributed by atoms with Crippen molar-refractivity contribution in [1.29, 1.82) is 0 Å². The Hall–Kier alpha value is -0.650. The molecule has 0 heterocycles. The maximum Gasteiger partial charge on any atom is 0.307 e. The van der Waals surface area contributed by atoms with Crippen LogP contribution in [0.3, 0.4) is 0 Å². The minimum absolute atomic E-state index is 0.362. The van der Waals surface area contributed by atoms with Crippen LogP contribution in [0.5, 0.6) is 0 Å². The van der Waals surface area contributed by atoms with Crippen LogP contribution in [-0.4, -0.2) is 63.0 Å². The molecule has 0 aliphatic rings. The minimum atomic E-state index is -0.769. The molecule has 0 bridgehead atoms. The second kappa shape index (κ2) is 8.64. The Labute approximate surface area is 91.0 Å². The molecule has 0 saturated carbocycles. The van der Waals surface area contributed by atoms with E-state index in [1.807, 2.05) is 4.90 Å². The number of carboxylic acid groups (broad SMARTS) is 1. The Kier molecular flexibility index (Phi) is 8.27. The SMILES string of the molecule is COCCN(CCOC)CC(C)C(=O)O. The fraction of sp³-hybridized carbons (Fsp3) is 0.900. The predicted octanol–water partition coefficient (Wildman–Crippen LogP) is 0.302. The fourth-order valence-corrected chi connectivity index (χ4v) is 1.20. The fourth-order valence-electron chi connectivity index (χ4n) is 1.20. The van der Waals surface area contributed by atoms with E-state index in [1.165, 1.54) is 0 Å². The Morgan fingerprint density at radius 2 is 1.73 bits per heavy atom. The molecule has 0 fully saturated rings. The van der Waals surface area contributed by atoms with Crippen LogP contribution < -0.4 is 0 Å².